The van der Waals surface area contributed by atoms with Crippen LogP contribution in [-0.4, -0.2) is 28.3 Å². The van der Waals surface area contributed by atoms with Crippen LogP contribution >= 0.6 is 0 Å². The van der Waals surface area contributed by atoms with Crippen LogP contribution in [0.2, 0.25) is 0 Å². The van der Waals surface area contributed by atoms with E-state index in [4.69, 9.17) is 0 Å². The minimum Gasteiger partial charge on any atom is -0.342 e. The van der Waals surface area contributed by atoms with Crippen LogP contribution in [-0.2, 0) is 16.1 Å². The van der Waals surface area contributed by atoms with E-state index in [1.54, 1.807) is 18.7 Å². The second kappa shape index (κ2) is 5.51. The number of carbonyl (C=O) groups is 2. The van der Waals surface area contributed by atoms with Crippen molar-refractivity contribution in [3.63, 3.8) is 0 Å². The summed E-state index contributed by atoms with van der Waals surface area (Å²) < 4.78 is 0. The van der Waals surface area contributed by atoms with Crippen LogP contribution < -0.4 is 5.32 Å². The van der Waals surface area contributed by atoms with E-state index in [9.17, 15) is 9.59 Å². The number of benzene rings is 1. The lowest BCUT2D eigenvalue weighted by atomic mass is 9.90. The van der Waals surface area contributed by atoms with Crippen molar-refractivity contribution < 1.29 is 9.59 Å². The lowest BCUT2D eigenvalue weighted by Gasteiger charge is -2.45. The summed E-state index contributed by atoms with van der Waals surface area (Å²) in [5.41, 5.74) is 1.37. The molecule has 0 aliphatic carbocycles. The third-order valence-electron chi connectivity index (χ3n) is 4.14. The van der Waals surface area contributed by atoms with Gasteiger partial charge in [0.05, 0.1) is 0 Å². The summed E-state index contributed by atoms with van der Waals surface area (Å²) in [6.07, 6.45) is 0. The van der Waals surface area contributed by atoms with Crippen LogP contribution in [0.25, 0.3) is 0 Å². The minimum atomic E-state index is -0.827. The first-order valence-electron chi connectivity index (χ1n) is 7.41. The van der Waals surface area contributed by atoms with Gasteiger partial charge in [-0.3, -0.25) is 9.59 Å². The lowest BCUT2D eigenvalue weighted by Crippen LogP contribution is -2.69. The van der Waals surface area contributed by atoms with Crippen molar-refractivity contribution in [3.05, 3.63) is 35.4 Å². The van der Waals surface area contributed by atoms with Gasteiger partial charge in [-0.1, -0.05) is 43.7 Å². The van der Waals surface area contributed by atoms with Crippen molar-refractivity contribution >= 4 is 11.8 Å². The summed E-state index contributed by atoms with van der Waals surface area (Å²) >= 11 is 0. The van der Waals surface area contributed by atoms with Gasteiger partial charge in [0.1, 0.15) is 11.6 Å². The van der Waals surface area contributed by atoms with E-state index >= 15 is 0 Å². The summed E-state index contributed by atoms with van der Waals surface area (Å²) in [7, 11) is 0. The van der Waals surface area contributed by atoms with Gasteiger partial charge >= 0.3 is 0 Å². The van der Waals surface area contributed by atoms with Crippen molar-refractivity contribution in [2.75, 3.05) is 0 Å². The highest BCUT2D eigenvalue weighted by molar-refractivity contribution is 5.99. The molecule has 1 fully saturated rings. The molecule has 1 unspecified atom stereocenters. The van der Waals surface area contributed by atoms with Gasteiger partial charge in [-0.05, 0) is 32.3 Å². The number of amides is 2. The molecule has 0 bridgehead atoms. The van der Waals surface area contributed by atoms with Gasteiger partial charge in [-0.25, -0.2) is 0 Å². The maximum Gasteiger partial charge on any atom is 0.246 e. The van der Waals surface area contributed by atoms with Gasteiger partial charge in [0.15, 0.2) is 0 Å². The largest absolute Gasteiger partial charge is 0.342 e. The van der Waals surface area contributed by atoms with E-state index in [-0.39, 0.29) is 17.7 Å². The van der Waals surface area contributed by atoms with E-state index in [1.807, 2.05) is 39.0 Å². The number of hydrogen-bond donors (Lipinski definition) is 1. The van der Waals surface area contributed by atoms with Gasteiger partial charge in [0.2, 0.25) is 11.8 Å². The molecule has 0 saturated carbocycles. The molecule has 1 N–H and O–H groups in total. The zero-order chi connectivity index (χ0) is 15.8. The first-order chi connectivity index (χ1) is 9.73. The number of aryl methyl sites for hydroxylation is 1. The second-order valence-electron chi connectivity index (χ2n) is 6.67. The average molecular weight is 288 g/mol. The summed E-state index contributed by atoms with van der Waals surface area (Å²) in [6, 6.07) is 7.62. The summed E-state index contributed by atoms with van der Waals surface area (Å²) in [5, 5.41) is 2.85. The van der Waals surface area contributed by atoms with Crippen LogP contribution in [0, 0.1) is 12.8 Å². The molecule has 4 heteroatoms. The highest BCUT2D eigenvalue weighted by atomic mass is 16.2. The SMILES string of the molecule is Cc1cccc(CN2C(=O)C(C(C)C)NC(=O)C2(C)C)c1. The van der Waals surface area contributed by atoms with Gasteiger partial charge in [0, 0.05) is 6.54 Å². The molecule has 1 saturated heterocycles. The normalized spacial score (nSPS) is 21.6. The van der Waals surface area contributed by atoms with Crippen LogP contribution in [0.4, 0.5) is 0 Å². The third kappa shape index (κ3) is 2.94. The average Bonchev–Trinajstić information content (AvgIpc) is 2.39. The first-order valence-corrected chi connectivity index (χ1v) is 7.41. The Morgan fingerprint density at radius 2 is 1.95 bits per heavy atom. The fourth-order valence-corrected chi connectivity index (χ4v) is 2.67. The molecule has 0 aromatic heterocycles. The van der Waals surface area contributed by atoms with Crippen LogP contribution in [0.1, 0.15) is 38.8 Å². The van der Waals surface area contributed by atoms with Crippen LogP contribution in [0.5, 0.6) is 0 Å². The highest BCUT2D eigenvalue weighted by Gasteiger charge is 2.46. The molecule has 2 rings (SSSR count). The number of rotatable bonds is 3. The van der Waals surface area contributed by atoms with Gasteiger partial charge in [0.25, 0.3) is 0 Å². The molecule has 1 aliphatic rings. The third-order valence-corrected chi connectivity index (χ3v) is 4.14. The monoisotopic (exact) mass is 288 g/mol. The maximum atomic E-state index is 12.7. The minimum absolute atomic E-state index is 0.00361. The molecule has 114 valence electrons. The molecule has 1 aromatic rings. The van der Waals surface area contributed by atoms with Gasteiger partial charge < -0.3 is 10.2 Å². The zero-order valence-corrected chi connectivity index (χ0v) is 13.4. The fourth-order valence-electron chi connectivity index (χ4n) is 2.67. The molecule has 1 atom stereocenters. The molecule has 0 radical (unpaired) electrons. The molecular weight excluding hydrogens is 264 g/mol. The molecule has 1 aliphatic heterocycles. The highest BCUT2D eigenvalue weighted by Crippen LogP contribution is 2.26. The van der Waals surface area contributed by atoms with Gasteiger partial charge in [-0.15, -0.1) is 0 Å². The van der Waals surface area contributed by atoms with E-state index in [1.165, 1.54) is 0 Å². The smallest absolute Gasteiger partial charge is 0.246 e. The van der Waals surface area contributed by atoms with Crippen molar-refractivity contribution in [2.24, 2.45) is 5.92 Å². The summed E-state index contributed by atoms with van der Waals surface area (Å²) in [6.45, 7) is 9.98. The van der Waals surface area contributed by atoms with E-state index < -0.39 is 11.6 Å². The quantitative estimate of drug-likeness (QED) is 0.927. The van der Waals surface area contributed by atoms with Crippen molar-refractivity contribution in [2.45, 2.75) is 52.7 Å². The molecular formula is C17H24N2O2. The summed E-state index contributed by atoms with van der Waals surface area (Å²) in [5.74, 6) is -0.0119. The fraction of sp³-hybridized carbons (Fsp3) is 0.529. The van der Waals surface area contributed by atoms with E-state index in [2.05, 4.69) is 11.4 Å². The number of nitrogens with zero attached hydrogens (tertiary/aromatic N) is 1. The van der Waals surface area contributed by atoms with E-state index in [0.29, 0.717) is 6.54 Å². The van der Waals surface area contributed by atoms with Crippen LogP contribution in [0.3, 0.4) is 0 Å². The molecule has 4 nitrogen and oxygen atoms in total. The maximum absolute atomic E-state index is 12.7. The predicted molar refractivity (Wildman–Crippen MR) is 82.6 cm³/mol. The standard InChI is InChI=1S/C17H24N2O2/c1-11(2)14-15(20)19(17(4,5)16(21)18-14)10-13-8-6-7-12(3)9-13/h6-9,11,14H,10H2,1-5H3,(H,18,21). The molecule has 1 heterocycles. The predicted octanol–water partition coefficient (Wildman–Crippen LogP) is 2.26. The van der Waals surface area contributed by atoms with Gasteiger partial charge in [-0.2, -0.15) is 0 Å². The Labute approximate surface area is 126 Å². The second-order valence-corrected chi connectivity index (χ2v) is 6.67. The number of piperazine rings is 1. The molecule has 0 spiro atoms. The van der Waals surface area contributed by atoms with Crippen molar-refractivity contribution in [1.29, 1.82) is 0 Å². The number of nitrogens with one attached hydrogen (secondary N) is 1. The Morgan fingerprint density at radius 3 is 2.52 bits per heavy atom. The first kappa shape index (κ1) is 15.5. The Hall–Kier alpha value is -1.84. The Kier molecular flexibility index (Phi) is 4.08. The van der Waals surface area contributed by atoms with Crippen molar-refractivity contribution in [3.8, 4) is 0 Å². The number of hydrogen-bond acceptors (Lipinski definition) is 2. The molecule has 2 amide bonds. The topological polar surface area (TPSA) is 49.4 Å². The summed E-state index contributed by atoms with van der Waals surface area (Å²) in [4.78, 5) is 26.8. The molecule has 21 heavy (non-hydrogen) atoms. The molecule has 1 aromatic carbocycles. The van der Waals surface area contributed by atoms with Crippen molar-refractivity contribution in [1.82, 2.24) is 10.2 Å². The zero-order valence-electron chi connectivity index (χ0n) is 13.4. The van der Waals surface area contributed by atoms with Crippen LogP contribution in [0.15, 0.2) is 24.3 Å². The Bertz CT molecular complexity index is 564. The Balaban J connectivity index is 2.32. The van der Waals surface area contributed by atoms with E-state index in [0.717, 1.165) is 11.1 Å². The lowest BCUT2D eigenvalue weighted by molar-refractivity contribution is -0.157. The number of carbonyl (C=O) groups excluding carboxylic acids is 2. The Morgan fingerprint density at radius 1 is 1.29 bits per heavy atom.